The zero-order valence-corrected chi connectivity index (χ0v) is 23.2. The molecule has 1 aliphatic rings. The molecule has 0 radical (unpaired) electrons. The lowest BCUT2D eigenvalue weighted by molar-refractivity contribution is -0.142. The van der Waals surface area contributed by atoms with Crippen LogP contribution in [-0.2, 0) is 4.79 Å². The summed E-state index contributed by atoms with van der Waals surface area (Å²) in [7, 11) is 4.62. The molecule has 1 saturated heterocycles. The summed E-state index contributed by atoms with van der Waals surface area (Å²) < 4.78 is 15.9. The number of carbonyl (C=O) groups excluding carboxylic acids is 2. The summed E-state index contributed by atoms with van der Waals surface area (Å²) in [5, 5.41) is 13.4. The minimum Gasteiger partial charge on any atom is -0.497 e. The van der Waals surface area contributed by atoms with E-state index in [1.54, 1.807) is 101 Å². The predicted molar refractivity (Wildman–Crippen MR) is 149 cm³/mol. The van der Waals surface area contributed by atoms with Gasteiger partial charge in [-0.25, -0.2) is 9.59 Å². The minimum atomic E-state index is -1.33. The smallest absolute Gasteiger partial charge is 0.327 e. The molecule has 210 valence electrons. The lowest BCUT2D eigenvalue weighted by Crippen LogP contribution is -2.50. The van der Waals surface area contributed by atoms with Gasteiger partial charge in [0.1, 0.15) is 23.3 Å². The number of methoxy groups -OCH3 is 3. The van der Waals surface area contributed by atoms with Gasteiger partial charge in [-0.3, -0.25) is 4.79 Å². The lowest BCUT2D eigenvalue weighted by atomic mass is 9.76. The van der Waals surface area contributed by atoms with Crippen molar-refractivity contribution in [3.05, 3.63) is 89.5 Å². The van der Waals surface area contributed by atoms with Crippen molar-refractivity contribution in [1.29, 1.82) is 0 Å². The number of nitrogens with one attached hydrogen (secondary N) is 1. The van der Waals surface area contributed by atoms with Gasteiger partial charge in [0.25, 0.3) is 0 Å². The van der Waals surface area contributed by atoms with Crippen LogP contribution in [0.3, 0.4) is 0 Å². The van der Waals surface area contributed by atoms with Crippen LogP contribution in [0.2, 0.25) is 0 Å². The third-order valence-electron chi connectivity index (χ3n) is 7.20. The molecule has 0 saturated carbocycles. The Balaban J connectivity index is 1.96. The molecule has 4 rings (SSSR count). The molecular weight excluding hydrogens is 512 g/mol. The molecule has 4 atom stereocenters. The highest BCUT2D eigenvalue weighted by Gasteiger charge is 2.57. The Hall–Kier alpha value is -4.53. The van der Waals surface area contributed by atoms with Gasteiger partial charge in [0.2, 0.25) is 0 Å². The number of ether oxygens (including phenoxy) is 3. The first kappa shape index (κ1) is 28.5. The van der Waals surface area contributed by atoms with Gasteiger partial charge in [0.15, 0.2) is 5.78 Å². The second-order valence-corrected chi connectivity index (χ2v) is 9.93. The molecule has 0 bridgehead atoms. The highest BCUT2D eigenvalue weighted by Crippen LogP contribution is 2.51. The molecule has 0 aliphatic carbocycles. The first-order valence-electron chi connectivity index (χ1n) is 13.0. The van der Waals surface area contributed by atoms with Crippen LogP contribution in [0.4, 0.5) is 4.79 Å². The maximum Gasteiger partial charge on any atom is 0.327 e. The first-order valence-corrected chi connectivity index (χ1v) is 13.0. The van der Waals surface area contributed by atoms with E-state index in [1.165, 1.54) is 12.0 Å². The fourth-order valence-electron chi connectivity index (χ4n) is 5.40. The van der Waals surface area contributed by atoms with E-state index >= 15 is 0 Å². The monoisotopic (exact) mass is 546 g/mol. The Bertz CT molecular complexity index is 1340. The van der Waals surface area contributed by atoms with E-state index in [9.17, 15) is 19.5 Å². The number of urea groups is 1. The number of carboxylic acids is 1. The van der Waals surface area contributed by atoms with Crippen LogP contribution in [0.15, 0.2) is 72.8 Å². The van der Waals surface area contributed by atoms with Crippen molar-refractivity contribution in [3.8, 4) is 17.2 Å². The second-order valence-electron chi connectivity index (χ2n) is 9.93. The van der Waals surface area contributed by atoms with Crippen LogP contribution in [0.1, 0.15) is 47.3 Å². The summed E-state index contributed by atoms with van der Waals surface area (Å²) in [6, 6.07) is 17.6. The highest BCUT2D eigenvalue weighted by atomic mass is 16.5. The molecule has 9 heteroatoms. The standard InChI is InChI=1S/C31H34N2O7/c1-18(2)32-31(37)33-27(20-8-14-23(39-4)15-9-20)26(29(34)21-10-16-24(40-5)17-11-21)25(28(33)30(35)36)19-6-12-22(38-3)13-7-19/h6-18,25-28H,1-5H3,(H,32,37)(H,35,36). The van der Waals surface area contributed by atoms with E-state index in [0.717, 1.165) is 0 Å². The summed E-state index contributed by atoms with van der Waals surface area (Å²) in [6.07, 6.45) is 0. The van der Waals surface area contributed by atoms with Crippen LogP contribution in [-0.4, -0.2) is 61.2 Å². The molecule has 1 fully saturated rings. The summed E-state index contributed by atoms with van der Waals surface area (Å²) >= 11 is 0. The summed E-state index contributed by atoms with van der Waals surface area (Å²) in [4.78, 5) is 42.4. The molecule has 1 heterocycles. The van der Waals surface area contributed by atoms with Gasteiger partial charge >= 0.3 is 12.0 Å². The molecule has 0 aromatic heterocycles. The number of carbonyl (C=O) groups is 3. The van der Waals surface area contributed by atoms with Crippen molar-refractivity contribution in [2.24, 2.45) is 5.92 Å². The Kier molecular flexibility index (Phi) is 8.62. The maximum absolute atomic E-state index is 14.4. The summed E-state index contributed by atoms with van der Waals surface area (Å²) in [6.45, 7) is 3.60. The molecule has 4 unspecified atom stereocenters. The summed E-state index contributed by atoms with van der Waals surface area (Å²) in [5.41, 5.74) is 1.62. The van der Waals surface area contributed by atoms with E-state index in [2.05, 4.69) is 5.32 Å². The number of aliphatic carboxylic acids is 1. The molecule has 2 N–H and O–H groups in total. The number of ketones is 1. The zero-order valence-electron chi connectivity index (χ0n) is 23.2. The lowest BCUT2D eigenvalue weighted by Gasteiger charge is -2.31. The van der Waals surface area contributed by atoms with E-state index in [-0.39, 0.29) is 11.8 Å². The molecule has 40 heavy (non-hydrogen) atoms. The average Bonchev–Trinajstić information content (AvgIpc) is 3.33. The summed E-state index contributed by atoms with van der Waals surface area (Å²) in [5.74, 6) is -1.49. The van der Waals surface area contributed by atoms with Gasteiger partial charge in [-0.15, -0.1) is 0 Å². The van der Waals surface area contributed by atoms with Gasteiger partial charge in [0, 0.05) is 17.5 Å². The number of Topliss-reactive ketones (excluding diaryl/α,β-unsaturated/α-hetero) is 1. The normalized spacial score (nSPS) is 20.2. The number of amides is 2. The van der Waals surface area contributed by atoms with E-state index < -0.39 is 35.9 Å². The van der Waals surface area contributed by atoms with Crippen LogP contribution >= 0.6 is 0 Å². The van der Waals surface area contributed by atoms with Crippen molar-refractivity contribution in [2.75, 3.05) is 21.3 Å². The van der Waals surface area contributed by atoms with Crippen LogP contribution in [0, 0.1) is 5.92 Å². The van der Waals surface area contributed by atoms with E-state index in [0.29, 0.717) is 33.9 Å². The van der Waals surface area contributed by atoms with Gasteiger partial charge in [-0.05, 0) is 73.5 Å². The third kappa shape index (κ3) is 5.59. The number of rotatable bonds is 9. The minimum absolute atomic E-state index is 0.255. The number of hydrogen-bond donors (Lipinski definition) is 2. The molecule has 2 amide bonds. The van der Waals surface area contributed by atoms with Crippen LogP contribution in [0.25, 0.3) is 0 Å². The van der Waals surface area contributed by atoms with Crippen molar-refractivity contribution < 1.29 is 33.7 Å². The topological polar surface area (TPSA) is 114 Å². The van der Waals surface area contributed by atoms with Crippen molar-refractivity contribution >= 4 is 17.8 Å². The van der Waals surface area contributed by atoms with Crippen LogP contribution < -0.4 is 19.5 Å². The number of benzene rings is 3. The molecule has 3 aromatic rings. The molecular formula is C31H34N2O7. The third-order valence-corrected chi connectivity index (χ3v) is 7.20. The SMILES string of the molecule is COc1ccc(C(=O)C2C(c3ccc(OC)cc3)C(C(=O)O)N(C(=O)NC(C)C)C2c2ccc(OC)cc2)cc1. The largest absolute Gasteiger partial charge is 0.497 e. The predicted octanol–water partition coefficient (Wildman–Crippen LogP) is 4.92. The fourth-order valence-corrected chi connectivity index (χ4v) is 5.40. The first-order chi connectivity index (χ1) is 19.2. The number of likely N-dealkylation sites (tertiary alicyclic amines) is 1. The zero-order chi connectivity index (χ0) is 29.0. The molecule has 1 aliphatic heterocycles. The average molecular weight is 547 g/mol. The number of nitrogens with zero attached hydrogens (tertiary/aromatic N) is 1. The quantitative estimate of drug-likeness (QED) is 0.366. The maximum atomic E-state index is 14.4. The van der Waals surface area contributed by atoms with Gasteiger partial charge < -0.3 is 29.5 Å². The van der Waals surface area contributed by atoms with Crippen LogP contribution in [0.5, 0.6) is 17.2 Å². The second kappa shape index (κ2) is 12.1. The Morgan fingerprint density at radius 2 is 1.20 bits per heavy atom. The highest BCUT2D eigenvalue weighted by molar-refractivity contribution is 6.01. The van der Waals surface area contributed by atoms with Gasteiger partial charge in [0.05, 0.1) is 33.3 Å². The number of hydrogen-bond acceptors (Lipinski definition) is 6. The Morgan fingerprint density at radius 3 is 1.62 bits per heavy atom. The Morgan fingerprint density at radius 1 is 0.750 bits per heavy atom. The Labute approximate surface area is 233 Å². The van der Waals surface area contributed by atoms with E-state index in [4.69, 9.17) is 14.2 Å². The van der Waals surface area contributed by atoms with Crippen molar-refractivity contribution in [1.82, 2.24) is 10.2 Å². The van der Waals surface area contributed by atoms with Gasteiger partial charge in [-0.1, -0.05) is 24.3 Å². The molecule has 9 nitrogen and oxygen atoms in total. The van der Waals surface area contributed by atoms with Crippen molar-refractivity contribution in [3.63, 3.8) is 0 Å². The number of carboxylic acid groups (broad SMARTS) is 1. The fraction of sp³-hybridized carbons (Fsp3) is 0.323. The van der Waals surface area contributed by atoms with Gasteiger partial charge in [-0.2, -0.15) is 0 Å². The van der Waals surface area contributed by atoms with E-state index in [1.807, 2.05) is 0 Å². The van der Waals surface area contributed by atoms with Crippen molar-refractivity contribution in [2.45, 2.75) is 37.9 Å². The molecule has 3 aromatic carbocycles. The molecule has 0 spiro atoms.